The van der Waals surface area contributed by atoms with E-state index in [1.54, 1.807) is 0 Å². The summed E-state index contributed by atoms with van der Waals surface area (Å²) in [5.41, 5.74) is 2.41. The monoisotopic (exact) mass is 352 g/mol. The molecule has 1 aromatic heterocycles. The van der Waals surface area contributed by atoms with Crippen LogP contribution in [0.2, 0.25) is 0 Å². The van der Waals surface area contributed by atoms with Gasteiger partial charge >= 0.3 is 0 Å². The van der Waals surface area contributed by atoms with E-state index in [-0.39, 0.29) is 6.10 Å². The molecule has 1 atom stereocenters. The first-order valence-electron chi connectivity index (χ1n) is 9.81. The predicted octanol–water partition coefficient (Wildman–Crippen LogP) is 3.26. The molecule has 2 aromatic rings. The van der Waals surface area contributed by atoms with Crippen LogP contribution in [-0.2, 0) is 0 Å². The smallest absolute Gasteiger partial charge is 0.161 e. The third-order valence-corrected chi connectivity index (χ3v) is 5.74. The molecule has 2 fully saturated rings. The first kappa shape index (κ1) is 17.4. The van der Waals surface area contributed by atoms with E-state index in [0.29, 0.717) is 6.04 Å². The van der Waals surface area contributed by atoms with Crippen LogP contribution >= 0.6 is 0 Å². The first-order chi connectivity index (χ1) is 12.7. The summed E-state index contributed by atoms with van der Waals surface area (Å²) in [5, 5.41) is 9.72. The zero-order chi connectivity index (χ0) is 17.9. The fourth-order valence-corrected chi connectivity index (χ4v) is 4.04. The maximum atomic E-state index is 9.72. The van der Waals surface area contributed by atoms with Crippen molar-refractivity contribution in [2.75, 3.05) is 31.1 Å². The third kappa shape index (κ3) is 3.74. The molecule has 0 saturated carbocycles. The molecule has 26 heavy (non-hydrogen) atoms. The van der Waals surface area contributed by atoms with Crippen LogP contribution in [0.1, 0.15) is 44.2 Å². The Kier molecular flexibility index (Phi) is 5.18. The molecule has 5 nitrogen and oxygen atoms in total. The minimum atomic E-state index is -0.170. The molecule has 0 bridgehead atoms. The van der Waals surface area contributed by atoms with Gasteiger partial charge in [-0.15, -0.1) is 0 Å². The molecule has 4 rings (SSSR count). The topological polar surface area (TPSA) is 52.5 Å². The summed E-state index contributed by atoms with van der Waals surface area (Å²) in [4.78, 5) is 14.1. The summed E-state index contributed by atoms with van der Waals surface area (Å²) < 4.78 is 0. The number of hydrogen-bond donors (Lipinski definition) is 1. The van der Waals surface area contributed by atoms with Crippen LogP contribution in [0.15, 0.2) is 36.5 Å². The average molecular weight is 352 g/mol. The Labute approximate surface area is 155 Å². The van der Waals surface area contributed by atoms with E-state index >= 15 is 0 Å². The summed E-state index contributed by atoms with van der Waals surface area (Å²) >= 11 is 0. The molecule has 2 saturated heterocycles. The summed E-state index contributed by atoms with van der Waals surface area (Å²) in [5.74, 6) is 1.74. The Bertz CT molecular complexity index is 736. The Balaban J connectivity index is 1.55. The Hall–Kier alpha value is -1.98. The highest BCUT2D eigenvalue weighted by Gasteiger charge is 2.21. The molecule has 0 aliphatic carbocycles. The lowest BCUT2D eigenvalue weighted by atomic mass is 10.0. The van der Waals surface area contributed by atoms with Crippen LogP contribution in [0.4, 0.5) is 5.82 Å². The molecule has 0 spiro atoms. The van der Waals surface area contributed by atoms with Gasteiger partial charge in [0.15, 0.2) is 5.82 Å². The third-order valence-electron chi connectivity index (χ3n) is 5.74. The molecule has 1 unspecified atom stereocenters. The molecular weight excluding hydrogens is 324 g/mol. The Morgan fingerprint density at radius 1 is 1.08 bits per heavy atom. The van der Waals surface area contributed by atoms with E-state index in [1.807, 2.05) is 12.3 Å². The van der Waals surface area contributed by atoms with Crippen LogP contribution in [-0.4, -0.2) is 52.3 Å². The largest absolute Gasteiger partial charge is 0.393 e. The van der Waals surface area contributed by atoms with E-state index in [9.17, 15) is 5.11 Å². The number of aliphatic hydroxyl groups excluding tert-OH is 1. The van der Waals surface area contributed by atoms with Crippen molar-refractivity contribution in [2.24, 2.45) is 0 Å². The molecule has 2 aliphatic heterocycles. The molecule has 0 amide bonds. The van der Waals surface area contributed by atoms with Crippen molar-refractivity contribution in [3.05, 3.63) is 42.1 Å². The van der Waals surface area contributed by atoms with E-state index in [0.717, 1.165) is 43.1 Å². The first-order valence-corrected chi connectivity index (χ1v) is 9.81. The van der Waals surface area contributed by atoms with Gasteiger partial charge in [-0.3, -0.25) is 4.90 Å². The van der Waals surface area contributed by atoms with Gasteiger partial charge in [-0.1, -0.05) is 18.2 Å². The number of benzene rings is 1. The van der Waals surface area contributed by atoms with E-state index in [4.69, 9.17) is 4.98 Å². The number of aromatic nitrogens is 2. The summed E-state index contributed by atoms with van der Waals surface area (Å²) in [7, 11) is 0. The summed E-state index contributed by atoms with van der Waals surface area (Å²) in [6.45, 7) is 6.38. The van der Waals surface area contributed by atoms with Gasteiger partial charge in [-0.2, -0.15) is 0 Å². The maximum Gasteiger partial charge on any atom is 0.161 e. The fraction of sp³-hybridized carbons (Fsp3) is 0.524. The normalized spacial score (nSPS) is 20.5. The van der Waals surface area contributed by atoms with Crippen LogP contribution in [0.25, 0.3) is 11.4 Å². The van der Waals surface area contributed by atoms with Gasteiger partial charge in [-0.05, 0) is 63.4 Å². The van der Waals surface area contributed by atoms with Crippen molar-refractivity contribution in [1.82, 2.24) is 14.9 Å². The molecule has 0 radical (unpaired) electrons. The van der Waals surface area contributed by atoms with Crippen LogP contribution < -0.4 is 4.90 Å². The van der Waals surface area contributed by atoms with Gasteiger partial charge in [0.1, 0.15) is 5.82 Å². The minimum Gasteiger partial charge on any atom is -0.393 e. The molecule has 1 aromatic carbocycles. The van der Waals surface area contributed by atoms with Crippen LogP contribution in [0.3, 0.4) is 0 Å². The zero-order valence-corrected chi connectivity index (χ0v) is 15.5. The molecular formula is C21H28N4O. The molecule has 3 heterocycles. The van der Waals surface area contributed by atoms with Crippen molar-refractivity contribution in [1.29, 1.82) is 0 Å². The SMILES string of the molecule is CC(c1cccc(-c2nccc(N3CCC(O)CC3)n2)c1)N1CCCC1. The number of rotatable bonds is 4. The van der Waals surface area contributed by atoms with Gasteiger partial charge in [0.2, 0.25) is 0 Å². The predicted molar refractivity (Wildman–Crippen MR) is 104 cm³/mol. The maximum absolute atomic E-state index is 9.72. The van der Waals surface area contributed by atoms with Crippen LogP contribution in [0, 0.1) is 0 Å². The zero-order valence-electron chi connectivity index (χ0n) is 15.5. The standard InChI is InChI=1S/C21H28N4O/c1-16(24-11-2-3-12-24)17-5-4-6-18(15-17)21-22-10-7-20(23-21)25-13-8-19(26)9-14-25/h4-7,10,15-16,19,26H,2-3,8-9,11-14H2,1H3. The Morgan fingerprint density at radius 3 is 2.62 bits per heavy atom. The van der Waals surface area contributed by atoms with Crippen molar-refractivity contribution < 1.29 is 5.11 Å². The van der Waals surface area contributed by atoms with Crippen LogP contribution in [0.5, 0.6) is 0 Å². The highest BCUT2D eigenvalue weighted by atomic mass is 16.3. The van der Waals surface area contributed by atoms with E-state index in [1.165, 1.54) is 31.5 Å². The van der Waals surface area contributed by atoms with Gasteiger partial charge < -0.3 is 10.0 Å². The second-order valence-corrected chi connectivity index (χ2v) is 7.50. The number of anilines is 1. The van der Waals surface area contributed by atoms with Gasteiger partial charge in [-0.25, -0.2) is 9.97 Å². The highest BCUT2D eigenvalue weighted by molar-refractivity contribution is 5.58. The number of hydrogen-bond acceptors (Lipinski definition) is 5. The van der Waals surface area contributed by atoms with Crippen molar-refractivity contribution in [3.63, 3.8) is 0 Å². The van der Waals surface area contributed by atoms with Gasteiger partial charge in [0.25, 0.3) is 0 Å². The van der Waals surface area contributed by atoms with E-state index < -0.39 is 0 Å². The summed E-state index contributed by atoms with van der Waals surface area (Å²) in [6.07, 6.45) is 5.90. The number of nitrogens with zero attached hydrogens (tertiary/aromatic N) is 4. The fourth-order valence-electron chi connectivity index (χ4n) is 4.04. The second kappa shape index (κ2) is 7.72. The van der Waals surface area contributed by atoms with Gasteiger partial charge in [0.05, 0.1) is 6.10 Å². The molecule has 2 aliphatic rings. The lowest BCUT2D eigenvalue weighted by Gasteiger charge is -2.30. The quantitative estimate of drug-likeness (QED) is 0.915. The highest BCUT2D eigenvalue weighted by Crippen LogP contribution is 2.28. The lowest BCUT2D eigenvalue weighted by Crippen LogP contribution is -2.36. The Morgan fingerprint density at radius 2 is 1.85 bits per heavy atom. The lowest BCUT2D eigenvalue weighted by molar-refractivity contribution is 0.145. The number of piperidine rings is 1. The molecule has 138 valence electrons. The van der Waals surface area contributed by atoms with Crippen molar-refractivity contribution >= 4 is 5.82 Å². The second-order valence-electron chi connectivity index (χ2n) is 7.50. The van der Waals surface area contributed by atoms with E-state index in [2.05, 4.69) is 46.0 Å². The molecule has 5 heteroatoms. The van der Waals surface area contributed by atoms with Crippen molar-refractivity contribution in [3.8, 4) is 11.4 Å². The summed E-state index contributed by atoms with van der Waals surface area (Å²) in [6, 6.07) is 11.1. The number of aliphatic hydroxyl groups is 1. The molecule has 1 N–H and O–H groups in total. The minimum absolute atomic E-state index is 0.170. The average Bonchev–Trinajstić information content (AvgIpc) is 3.23. The van der Waals surface area contributed by atoms with Gasteiger partial charge in [0, 0.05) is 30.9 Å². The van der Waals surface area contributed by atoms with Crippen molar-refractivity contribution in [2.45, 2.75) is 44.8 Å². The number of likely N-dealkylation sites (tertiary alicyclic amines) is 1.